The van der Waals surface area contributed by atoms with Crippen LogP contribution in [0.3, 0.4) is 0 Å². The molecule has 2 rings (SSSR count). The number of nitrogens with zero attached hydrogens (tertiary/aromatic N) is 1. The molecule has 0 unspecified atom stereocenters. The van der Waals surface area contributed by atoms with E-state index in [4.69, 9.17) is 0 Å². The van der Waals surface area contributed by atoms with Crippen LogP contribution < -0.4 is 0 Å². The van der Waals surface area contributed by atoms with E-state index >= 15 is 0 Å². The summed E-state index contributed by atoms with van der Waals surface area (Å²) in [6.07, 6.45) is 6.65. The number of likely N-dealkylation sites (N-methyl/N-ethyl adjacent to an activating group) is 1. The second kappa shape index (κ2) is 8.53. The van der Waals surface area contributed by atoms with E-state index in [0.717, 1.165) is 5.92 Å². The van der Waals surface area contributed by atoms with Gasteiger partial charge in [0, 0.05) is 5.54 Å². The number of rotatable bonds is 3. The van der Waals surface area contributed by atoms with Gasteiger partial charge < -0.3 is 4.90 Å². The van der Waals surface area contributed by atoms with Crippen molar-refractivity contribution < 1.29 is 4.39 Å². The van der Waals surface area contributed by atoms with E-state index in [2.05, 4.69) is 57.1 Å². The lowest BCUT2D eigenvalue weighted by atomic mass is 9.73. The summed E-state index contributed by atoms with van der Waals surface area (Å²) in [5, 5.41) is 0. The van der Waals surface area contributed by atoms with Crippen molar-refractivity contribution in [3.8, 4) is 0 Å². The Morgan fingerprint density at radius 1 is 1.24 bits per heavy atom. The first-order valence-electron chi connectivity index (χ1n) is 8.22. The van der Waals surface area contributed by atoms with Gasteiger partial charge in [-0.25, -0.2) is 0 Å². The minimum atomic E-state index is -0.250. The van der Waals surface area contributed by atoms with Gasteiger partial charge in [0.2, 0.25) is 0 Å². The lowest BCUT2D eigenvalue weighted by molar-refractivity contribution is 0.0830. The van der Waals surface area contributed by atoms with E-state index in [0.29, 0.717) is 5.54 Å². The summed E-state index contributed by atoms with van der Waals surface area (Å²) < 4.78 is 10.3. The molecule has 0 radical (unpaired) electrons. The van der Waals surface area contributed by atoms with Crippen LogP contribution in [-0.2, 0) is 6.42 Å². The molecule has 0 bridgehead atoms. The molecule has 21 heavy (non-hydrogen) atoms. The van der Waals surface area contributed by atoms with E-state index in [1.165, 1.54) is 50.2 Å². The molecule has 1 aliphatic rings. The van der Waals surface area contributed by atoms with Crippen LogP contribution in [0.4, 0.5) is 4.39 Å². The SMILES string of the molecule is CCF.Cc1cccc(CC2(N(C)C)CCC(C)CC2)c1. The predicted molar refractivity (Wildman–Crippen MR) is 90.6 cm³/mol. The second-order valence-corrected chi connectivity index (χ2v) is 6.73. The molecule has 0 aromatic heterocycles. The number of halogens is 1. The summed E-state index contributed by atoms with van der Waals surface area (Å²) in [7, 11) is 4.51. The third-order valence-electron chi connectivity index (χ3n) is 4.77. The molecule has 120 valence electrons. The fraction of sp³-hybridized carbons (Fsp3) is 0.684. The van der Waals surface area contributed by atoms with Crippen molar-refractivity contribution in [1.82, 2.24) is 4.90 Å². The first kappa shape index (κ1) is 18.2. The Hall–Kier alpha value is -0.890. The van der Waals surface area contributed by atoms with Crippen molar-refractivity contribution in [1.29, 1.82) is 0 Å². The maximum atomic E-state index is 10.3. The summed E-state index contributed by atoms with van der Waals surface area (Å²) in [5.74, 6) is 0.913. The molecule has 2 heteroatoms. The van der Waals surface area contributed by atoms with Crippen LogP contribution >= 0.6 is 0 Å². The Morgan fingerprint density at radius 3 is 2.29 bits per heavy atom. The number of alkyl halides is 1. The Kier molecular flexibility index (Phi) is 7.37. The molecule has 0 amide bonds. The van der Waals surface area contributed by atoms with E-state index in [1.807, 2.05) is 0 Å². The van der Waals surface area contributed by atoms with Crippen LogP contribution in [0.1, 0.15) is 50.7 Å². The summed E-state index contributed by atoms with van der Waals surface area (Å²) in [5.41, 5.74) is 3.27. The minimum Gasteiger partial charge on any atom is -0.303 e. The number of hydrogen-bond donors (Lipinski definition) is 0. The van der Waals surface area contributed by atoms with Gasteiger partial charge in [0.05, 0.1) is 6.67 Å². The lowest BCUT2D eigenvalue weighted by Crippen LogP contribution is -2.48. The largest absolute Gasteiger partial charge is 0.303 e. The van der Waals surface area contributed by atoms with E-state index < -0.39 is 0 Å². The Bertz CT molecular complexity index is 406. The van der Waals surface area contributed by atoms with Gasteiger partial charge in [-0.3, -0.25) is 4.39 Å². The lowest BCUT2D eigenvalue weighted by Gasteiger charge is -2.45. The molecule has 0 atom stereocenters. The quantitative estimate of drug-likeness (QED) is 0.756. The molecule has 1 aromatic rings. The standard InChI is InChI=1S/C17H27N.C2H5F/c1-14-8-10-17(11-9-14,18(3)4)13-16-7-5-6-15(2)12-16;1-2-3/h5-7,12,14H,8-11,13H2,1-4H3;2H2,1H3. The highest BCUT2D eigenvalue weighted by atomic mass is 19.1. The zero-order chi connectivity index (χ0) is 15.9. The Balaban J connectivity index is 0.000000677. The van der Waals surface area contributed by atoms with Gasteiger partial charge in [-0.05, 0) is 71.5 Å². The van der Waals surface area contributed by atoms with Crippen molar-refractivity contribution in [3.63, 3.8) is 0 Å². The summed E-state index contributed by atoms with van der Waals surface area (Å²) >= 11 is 0. The number of benzene rings is 1. The first-order chi connectivity index (χ1) is 9.93. The molecule has 1 fully saturated rings. The smallest absolute Gasteiger partial charge is 0.0866 e. The molecule has 0 heterocycles. The molecule has 0 N–H and O–H groups in total. The predicted octanol–water partition coefficient (Wildman–Crippen LogP) is 5.02. The molecule has 1 aromatic carbocycles. The van der Waals surface area contributed by atoms with E-state index in [1.54, 1.807) is 0 Å². The van der Waals surface area contributed by atoms with Crippen LogP contribution in [0.15, 0.2) is 24.3 Å². The maximum absolute atomic E-state index is 10.3. The minimum absolute atomic E-state index is 0.250. The third kappa shape index (κ3) is 5.43. The fourth-order valence-electron chi connectivity index (χ4n) is 3.28. The summed E-state index contributed by atoms with van der Waals surface area (Å²) in [4.78, 5) is 2.47. The van der Waals surface area contributed by atoms with Gasteiger partial charge in [0.15, 0.2) is 0 Å². The van der Waals surface area contributed by atoms with E-state index in [9.17, 15) is 4.39 Å². The average Bonchev–Trinajstić information content (AvgIpc) is 2.42. The van der Waals surface area contributed by atoms with E-state index in [-0.39, 0.29) is 6.67 Å². The highest BCUT2D eigenvalue weighted by molar-refractivity contribution is 5.24. The van der Waals surface area contributed by atoms with Gasteiger partial charge in [0.1, 0.15) is 0 Å². The summed E-state index contributed by atoms with van der Waals surface area (Å²) in [6.45, 7) is 5.79. The van der Waals surface area contributed by atoms with Crippen molar-refractivity contribution in [2.45, 2.75) is 58.4 Å². The van der Waals surface area contributed by atoms with Gasteiger partial charge in [-0.2, -0.15) is 0 Å². The van der Waals surface area contributed by atoms with Crippen molar-refractivity contribution in [2.24, 2.45) is 5.92 Å². The topological polar surface area (TPSA) is 3.24 Å². The Labute approximate surface area is 130 Å². The number of aryl methyl sites for hydroxylation is 1. The van der Waals surface area contributed by atoms with Gasteiger partial charge in [-0.15, -0.1) is 0 Å². The fourth-order valence-corrected chi connectivity index (χ4v) is 3.28. The average molecular weight is 293 g/mol. The molecular weight excluding hydrogens is 261 g/mol. The molecule has 0 aliphatic heterocycles. The van der Waals surface area contributed by atoms with Crippen LogP contribution in [0.2, 0.25) is 0 Å². The van der Waals surface area contributed by atoms with Crippen LogP contribution in [0.5, 0.6) is 0 Å². The monoisotopic (exact) mass is 293 g/mol. The molecule has 0 saturated heterocycles. The highest BCUT2D eigenvalue weighted by Gasteiger charge is 2.36. The maximum Gasteiger partial charge on any atom is 0.0866 e. The normalized spacial score (nSPS) is 25.4. The zero-order valence-corrected chi connectivity index (χ0v) is 14.5. The van der Waals surface area contributed by atoms with Crippen LogP contribution in [-0.4, -0.2) is 31.2 Å². The Morgan fingerprint density at radius 2 is 1.81 bits per heavy atom. The van der Waals surface area contributed by atoms with Crippen molar-refractivity contribution >= 4 is 0 Å². The summed E-state index contributed by atoms with van der Waals surface area (Å²) in [6, 6.07) is 9.02. The molecule has 1 nitrogen and oxygen atoms in total. The van der Waals surface area contributed by atoms with Gasteiger partial charge >= 0.3 is 0 Å². The molecule has 0 spiro atoms. The van der Waals surface area contributed by atoms with Gasteiger partial charge in [-0.1, -0.05) is 36.8 Å². The zero-order valence-electron chi connectivity index (χ0n) is 14.5. The van der Waals surface area contributed by atoms with Crippen LogP contribution in [0.25, 0.3) is 0 Å². The number of hydrogen-bond acceptors (Lipinski definition) is 1. The van der Waals surface area contributed by atoms with Crippen molar-refractivity contribution in [2.75, 3.05) is 20.8 Å². The van der Waals surface area contributed by atoms with Crippen LogP contribution in [0, 0.1) is 12.8 Å². The molecule has 1 aliphatic carbocycles. The third-order valence-corrected chi connectivity index (χ3v) is 4.77. The molecule has 1 saturated carbocycles. The second-order valence-electron chi connectivity index (χ2n) is 6.73. The van der Waals surface area contributed by atoms with Gasteiger partial charge in [0.25, 0.3) is 0 Å². The van der Waals surface area contributed by atoms with Crippen molar-refractivity contribution in [3.05, 3.63) is 35.4 Å². The molecular formula is C19H32FN. The first-order valence-corrected chi connectivity index (χ1v) is 8.22. The highest BCUT2D eigenvalue weighted by Crippen LogP contribution is 2.37.